The van der Waals surface area contributed by atoms with E-state index in [0.717, 1.165) is 18.2 Å². The van der Waals surface area contributed by atoms with E-state index in [4.69, 9.17) is 5.73 Å². The molecule has 0 amide bonds. The van der Waals surface area contributed by atoms with Gasteiger partial charge in [0, 0.05) is 23.8 Å². The molecule has 1 aliphatic heterocycles. The van der Waals surface area contributed by atoms with Crippen LogP contribution in [0.15, 0.2) is 42.5 Å². The molecule has 2 nitrogen and oxygen atoms in total. The Bertz CT molecular complexity index is 657. The van der Waals surface area contributed by atoms with E-state index in [1.807, 2.05) is 18.2 Å². The molecule has 0 saturated heterocycles. The molecule has 1 aliphatic rings. The predicted molar refractivity (Wildman–Crippen MR) is 80.2 cm³/mol. The van der Waals surface area contributed by atoms with Crippen molar-refractivity contribution in [2.75, 3.05) is 11.4 Å². The van der Waals surface area contributed by atoms with Gasteiger partial charge >= 0.3 is 0 Å². The quantitative estimate of drug-likeness (QED) is 0.937. The van der Waals surface area contributed by atoms with Crippen LogP contribution in [0.25, 0.3) is 0 Å². The van der Waals surface area contributed by atoms with Gasteiger partial charge in [-0.05, 0) is 43.2 Å². The number of hydrogen-bond donors (Lipinski definition) is 1. The number of para-hydroxylation sites is 1. The minimum Gasteiger partial charge on any atom is -0.360 e. The first-order valence-electron chi connectivity index (χ1n) is 7.13. The summed E-state index contributed by atoms with van der Waals surface area (Å²) < 4.78 is 27.6. The smallest absolute Gasteiger partial charge is 0.128 e. The summed E-state index contributed by atoms with van der Waals surface area (Å²) in [6.45, 7) is 2.32. The third kappa shape index (κ3) is 2.40. The number of fused-ring (bicyclic) bond motifs is 1. The fraction of sp³-hybridized carbons (Fsp3) is 0.294. The first kappa shape index (κ1) is 14.0. The lowest BCUT2D eigenvalue weighted by molar-refractivity contribution is 0.521. The molecular formula is C17H18F2N2. The second-order valence-electron chi connectivity index (χ2n) is 5.51. The SMILES string of the molecule is CC1Cc2ccccc2N1C(CN)c1cc(F)ccc1F. The van der Waals surface area contributed by atoms with Crippen molar-refractivity contribution >= 4 is 5.69 Å². The Labute approximate surface area is 123 Å². The lowest BCUT2D eigenvalue weighted by Gasteiger charge is -2.34. The lowest BCUT2D eigenvalue weighted by atomic mass is 10.0. The maximum Gasteiger partial charge on any atom is 0.128 e. The van der Waals surface area contributed by atoms with Gasteiger partial charge in [-0.15, -0.1) is 0 Å². The van der Waals surface area contributed by atoms with Crippen molar-refractivity contribution in [3.05, 3.63) is 65.2 Å². The van der Waals surface area contributed by atoms with E-state index in [0.29, 0.717) is 5.56 Å². The van der Waals surface area contributed by atoms with E-state index >= 15 is 0 Å². The molecule has 0 spiro atoms. The second-order valence-corrected chi connectivity index (χ2v) is 5.51. The minimum absolute atomic E-state index is 0.207. The van der Waals surface area contributed by atoms with Crippen LogP contribution in [0, 0.1) is 11.6 Å². The Morgan fingerprint density at radius 2 is 2.00 bits per heavy atom. The summed E-state index contributed by atoms with van der Waals surface area (Å²) in [5.41, 5.74) is 8.49. The molecule has 0 aromatic heterocycles. The topological polar surface area (TPSA) is 29.3 Å². The molecule has 0 aliphatic carbocycles. The van der Waals surface area contributed by atoms with E-state index < -0.39 is 11.6 Å². The Kier molecular flexibility index (Phi) is 3.64. The second kappa shape index (κ2) is 5.45. The summed E-state index contributed by atoms with van der Waals surface area (Å²) in [6.07, 6.45) is 0.892. The predicted octanol–water partition coefficient (Wildman–Crippen LogP) is 3.42. The fourth-order valence-corrected chi connectivity index (χ4v) is 3.22. The van der Waals surface area contributed by atoms with Crippen LogP contribution in [0.3, 0.4) is 0 Å². The monoisotopic (exact) mass is 288 g/mol. The fourth-order valence-electron chi connectivity index (χ4n) is 3.22. The van der Waals surface area contributed by atoms with Gasteiger partial charge in [0.1, 0.15) is 11.6 Å². The summed E-state index contributed by atoms with van der Waals surface area (Å²) in [5, 5.41) is 0. The summed E-state index contributed by atoms with van der Waals surface area (Å²) in [6, 6.07) is 11.4. The zero-order chi connectivity index (χ0) is 15.0. The van der Waals surface area contributed by atoms with Gasteiger partial charge in [0.15, 0.2) is 0 Å². The molecule has 110 valence electrons. The Hall–Kier alpha value is -1.94. The summed E-state index contributed by atoms with van der Waals surface area (Å²) in [4.78, 5) is 2.10. The maximum absolute atomic E-state index is 14.1. The van der Waals surface area contributed by atoms with E-state index in [1.165, 1.54) is 17.7 Å². The highest BCUT2D eigenvalue weighted by Gasteiger charge is 2.32. The highest BCUT2D eigenvalue weighted by molar-refractivity contribution is 5.61. The largest absolute Gasteiger partial charge is 0.360 e. The molecule has 2 aromatic rings. The van der Waals surface area contributed by atoms with E-state index in [9.17, 15) is 8.78 Å². The van der Waals surface area contributed by atoms with Crippen molar-refractivity contribution in [1.29, 1.82) is 0 Å². The van der Waals surface area contributed by atoms with Crippen LogP contribution in [-0.2, 0) is 6.42 Å². The van der Waals surface area contributed by atoms with Gasteiger partial charge < -0.3 is 10.6 Å². The average molecular weight is 288 g/mol. The third-order valence-corrected chi connectivity index (χ3v) is 4.14. The van der Waals surface area contributed by atoms with Gasteiger partial charge in [-0.1, -0.05) is 18.2 Å². The molecule has 2 N–H and O–H groups in total. The Morgan fingerprint density at radius 1 is 1.24 bits per heavy atom. The first-order valence-corrected chi connectivity index (χ1v) is 7.13. The number of nitrogens with zero attached hydrogens (tertiary/aromatic N) is 1. The molecule has 21 heavy (non-hydrogen) atoms. The highest BCUT2D eigenvalue weighted by Crippen LogP contribution is 2.38. The minimum atomic E-state index is -0.440. The average Bonchev–Trinajstić information content (AvgIpc) is 2.80. The van der Waals surface area contributed by atoms with Crippen LogP contribution in [0.4, 0.5) is 14.5 Å². The molecule has 1 heterocycles. The van der Waals surface area contributed by atoms with Crippen molar-refractivity contribution in [3.8, 4) is 0 Å². The van der Waals surface area contributed by atoms with E-state index in [1.54, 1.807) is 0 Å². The normalized spacial score (nSPS) is 18.7. The van der Waals surface area contributed by atoms with Crippen LogP contribution in [0.2, 0.25) is 0 Å². The zero-order valence-electron chi connectivity index (χ0n) is 11.9. The van der Waals surface area contributed by atoms with Crippen molar-refractivity contribution in [1.82, 2.24) is 0 Å². The molecule has 4 heteroatoms. The number of benzene rings is 2. The molecule has 2 atom stereocenters. The molecule has 0 radical (unpaired) electrons. The summed E-state index contributed by atoms with van der Waals surface area (Å²) >= 11 is 0. The highest BCUT2D eigenvalue weighted by atomic mass is 19.1. The van der Waals surface area contributed by atoms with Crippen LogP contribution < -0.4 is 10.6 Å². The number of anilines is 1. The van der Waals surface area contributed by atoms with Crippen molar-refractivity contribution in [2.45, 2.75) is 25.4 Å². The Morgan fingerprint density at radius 3 is 2.76 bits per heavy atom. The van der Waals surface area contributed by atoms with E-state index in [-0.39, 0.29) is 18.6 Å². The molecule has 0 fully saturated rings. The Balaban J connectivity index is 2.06. The first-order chi connectivity index (χ1) is 10.1. The number of hydrogen-bond acceptors (Lipinski definition) is 2. The summed E-state index contributed by atoms with van der Waals surface area (Å²) in [7, 11) is 0. The van der Waals surface area contributed by atoms with Crippen molar-refractivity contribution < 1.29 is 8.78 Å². The van der Waals surface area contributed by atoms with Gasteiger partial charge in [0.25, 0.3) is 0 Å². The van der Waals surface area contributed by atoms with Crippen LogP contribution in [0.1, 0.15) is 24.1 Å². The standard InChI is InChI=1S/C17H18F2N2/c1-11-8-12-4-2-3-5-16(12)21(11)17(10-20)14-9-13(18)6-7-15(14)19/h2-7,9,11,17H,8,10,20H2,1H3. The molecule has 0 saturated carbocycles. The molecule has 2 aromatic carbocycles. The zero-order valence-corrected chi connectivity index (χ0v) is 11.9. The van der Waals surface area contributed by atoms with Crippen molar-refractivity contribution in [2.24, 2.45) is 5.73 Å². The number of halogens is 2. The van der Waals surface area contributed by atoms with Gasteiger partial charge in [-0.2, -0.15) is 0 Å². The van der Waals surface area contributed by atoms with E-state index in [2.05, 4.69) is 17.9 Å². The van der Waals surface area contributed by atoms with Gasteiger partial charge in [-0.25, -0.2) is 8.78 Å². The van der Waals surface area contributed by atoms with Crippen LogP contribution in [-0.4, -0.2) is 12.6 Å². The number of nitrogens with two attached hydrogens (primary N) is 1. The van der Waals surface area contributed by atoms with Gasteiger partial charge in [-0.3, -0.25) is 0 Å². The molecular weight excluding hydrogens is 270 g/mol. The van der Waals surface area contributed by atoms with Gasteiger partial charge in [0.2, 0.25) is 0 Å². The summed E-state index contributed by atoms with van der Waals surface area (Å²) in [5.74, 6) is -0.853. The molecule has 3 rings (SSSR count). The molecule has 2 unspecified atom stereocenters. The number of rotatable bonds is 3. The van der Waals surface area contributed by atoms with Crippen LogP contribution in [0.5, 0.6) is 0 Å². The third-order valence-electron chi connectivity index (χ3n) is 4.14. The maximum atomic E-state index is 14.1. The molecule has 0 bridgehead atoms. The van der Waals surface area contributed by atoms with Gasteiger partial charge in [0.05, 0.1) is 6.04 Å². The van der Waals surface area contributed by atoms with Crippen LogP contribution >= 0.6 is 0 Å². The van der Waals surface area contributed by atoms with Crippen molar-refractivity contribution in [3.63, 3.8) is 0 Å². The lowest BCUT2D eigenvalue weighted by Crippen LogP contribution is -2.38.